The Hall–Kier alpha value is -3.05. The number of fused-ring (bicyclic) bond motifs is 1. The zero-order valence-corrected chi connectivity index (χ0v) is 23.2. The normalized spacial score (nSPS) is 11.4. The lowest BCUT2D eigenvalue weighted by molar-refractivity contribution is -0.116. The van der Waals surface area contributed by atoms with E-state index in [2.05, 4.69) is 45.0 Å². The van der Waals surface area contributed by atoms with Crippen molar-refractivity contribution in [3.05, 3.63) is 80.3 Å². The molecule has 37 heavy (non-hydrogen) atoms. The van der Waals surface area contributed by atoms with E-state index in [4.69, 9.17) is 0 Å². The number of benzene rings is 2. The van der Waals surface area contributed by atoms with E-state index in [0.717, 1.165) is 15.9 Å². The molecule has 0 aliphatic rings. The molecule has 0 N–H and O–H groups in total. The number of imide groups is 2. The zero-order chi connectivity index (χ0) is 28.1. The molecule has 0 unspecified atom stereocenters. The SMILES string of the molecule is C=C(/C=C\C(=C)C(F)(F)F)CN(C=O)C(=O)c1c(Br)cc(C(=O)N(C=O)CCC)c2ccc(Br)c(C)c12. The second-order valence-corrected chi connectivity index (χ2v) is 9.74. The third-order valence-electron chi connectivity index (χ3n) is 5.39. The van der Waals surface area contributed by atoms with E-state index in [1.54, 1.807) is 19.1 Å². The molecule has 0 heterocycles. The molecular formula is C26H23Br2F3N2O4. The van der Waals surface area contributed by atoms with Crippen LogP contribution in [0.1, 0.15) is 39.6 Å². The molecule has 2 aromatic rings. The summed E-state index contributed by atoms with van der Waals surface area (Å²) in [6.07, 6.45) is -1.65. The van der Waals surface area contributed by atoms with Gasteiger partial charge in [0.1, 0.15) is 0 Å². The highest BCUT2D eigenvalue weighted by Crippen LogP contribution is 2.36. The van der Waals surface area contributed by atoms with Gasteiger partial charge in [-0.15, -0.1) is 0 Å². The molecule has 0 saturated carbocycles. The van der Waals surface area contributed by atoms with Crippen LogP contribution in [-0.2, 0) is 9.59 Å². The van der Waals surface area contributed by atoms with Crippen LogP contribution in [0.4, 0.5) is 13.2 Å². The van der Waals surface area contributed by atoms with Crippen LogP contribution in [0.3, 0.4) is 0 Å². The number of carbonyl (C=O) groups is 4. The van der Waals surface area contributed by atoms with Gasteiger partial charge in [-0.1, -0.05) is 54.2 Å². The van der Waals surface area contributed by atoms with Gasteiger partial charge in [-0.05, 0) is 57.9 Å². The maximum Gasteiger partial charge on any atom is 0.415 e. The van der Waals surface area contributed by atoms with Gasteiger partial charge in [0.25, 0.3) is 11.8 Å². The van der Waals surface area contributed by atoms with Crippen LogP contribution >= 0.6 is 31.9 Å². The molecule has 0 atom stereocenters. The molecule has 0 spiro atoms. The third-order valence-corrected chi connectivity index (χ3v) is 6.88. The van der Waals surface area contributed by atoms with Crippen molar-refractivity contribution >= 4 is 67.3 Å². The fourth-order valence-electron chi connectivity index (χ4n) is 3.50. The van der Waals surface area contributed by atoms with Gasteiger partial charge in [0, 0.05) is 32.0 Å². The summed E-state index contributed by atoms with van der Waals surface area (Å²) in [6, 6.07) is 4.72. The predicted molar refractivity (Wildman–Crippen MR) is 142 cm³/mol. The first kappa shape index (κ1) is 30.2. The summed E-state index contributed by atoms with van der Waals surface area (Å²) in [4.78, 5) is 51.8. The van der Waals surface area contributed by atoms with Crippen molar-refractivity contribution in [1.82, 2.24) is 9.80 Å². The third kappa shape index (κ3) is 6.84. The minimum Gasteiger partial charge on any atom is -0.281 e. The van der Waals surface area contributed by atoms with Gasteiger partial charge in [0.15, 0.2) is 0 Å². The summed E-state index contributed by atoms with van der Waals surface area (Å²) >= 11 is 6.74. The second-order valence-electron chi connectivity index (χ2n) is 8.03. The van der Waals surface area contributed by atoms with E-state index in [-0.39, 0.29) is 40.7 Å². The van der Waals surface area contributed by atoms with Crippen molar-refractivity contribution in [2.75, 3.05) is 13.1 Å². The highest BCUT2D eigenvalue weighted by molar-refractivity contribution is 9.10. The van der Waals surface area contributed by atoms with Crippen LogP contribution in [0.25, 0.3) is 10.8 Å². The quantitative estimate of drug-likeness (QED) is 0.219. The van der Waals surface area contributed by atoms with Crippen molar-refractivity contribution < 1.29 is 32.3 Å². The van der Waals surface area contributed by atoms with E-state index in [1.807, 2.05) is 6.92 Å². The highest BCUT2D eigenvalue weighted by atomic mass is 79.9. The Morgan fingerprint density at radius 1 is 1.00 bits per heavy atom. The number of amides is 4. The Kier molecular flexibility index (Phi) is 10.2. The van der Waals surface area contributed by atoms with E-state index >= 15 is 0 Å². The fourth-order valence-corrected chi connectivity index (χ4v) is 4.42. The van der Waals surface area contributed by atoms with Crippen molar-refractivity contribution in [3.8, 4) is 0 Å². The molecule has 0 aliphatic carbocycles. The predicted octanol–water partition coefficient (Wildman–Crippen LogP) is 6.51. The summed E-state index contributed by atoms with van der Waals surface area (Å²) in [6.45, 7) is 9.89. The number of rotatable bonds is 10. The van der Waals surface area contributed by atoms with Gasteiger partial charge >= 0.3 is 6.18 Å². The molecule has 6 nitrogen and oxygen atoms in total. The molecule has 0 aromatic heterocycles. The number of carbonyl (C=O) groups excluding carboxylic acids is 4. The Morgan fingerprint density at radius 2 is 1.62 bits per heavy atom. The smallest absolute Gasteiger partial charge is 0.281 e. The van der Waals surface area contributed by atoms with Crippen molar-refractivity contribution in [3.63, 3.8) is 0 Å². The number of halogens is 5. The maximum absolute atomic E-state index is 13.5. The summed E-state index contributed by atoms with van der Waals surface area (Å²) in [5, 5.41) is 0.740. The minimum absolute atomic E-state index is 0.0529. The molecule has 196 valence electrons. The maximum atomic E-state index is 13.5. The van der Waals surface area contributed by atoms with E-state index < -0.39 is 23.6 Å². The van der Waals surface area contributed by atoms with Crippen LogP contribution in [0.5, 0.6) is 0 Å². The molecule has 2 rings (SSSR count). The van der Waals surface area contributed by atoms with Crippen LogP contribution < -0.4 is 0 Å². The van der Waals surface area contributed by atoms with E-state index in [9.17, 15) is 32.3 Å². The Morgan fingerprint density at radius 3 is 2.16 bits per heavy atom. The molecule has 11 heteroatoms. The number of allylic oxidation sites excluding steroid dienone is 2. The van der Waals surface area contributed by atoms with E-state index in [1.165, 1.54) is 6.07 Å². The Bertz CT molecular complexity index is 1320. The average Bonchev–Trinajstić information content (AvgIpc) is 2.84. The summed E-state index contributed by atoms with van der Waals surface area (Å²) < 4.78 is 38.9. The fraction of sp³-hybridized carbons (Fsp3) is 0.231. The first-order valence-corrected chi connectivity index (χ1v) is 12.4. The monoisotopic (exact) mass is 642 g/mol. The number of hydrogen-bond donors (Lipinski definition) is 0. The zero-order valence-electron chi connectivity index (χ0n) is 20.0. The van der Waals surface area contributed by atoms with Gasteiger partial charge in [-0.3, -0.25) is 29.0 Å². The summed E-state index contributed by atoms with van der Waals surface area (Å²) in [7, 11) is 0. The molecule has 4 amide bonds. The molecule has 0 radical (unpaired) electrons. The minimum atomic E-state index is -4.62. The topological polar surface area (TPSA) is 74.8 Å². The molecule has 0 aliphatic heterocycles. The molecule has 2 aromatic carbocycles. The molecule has 0 saturated heterocycles. The Labute approximate surface area is 228 Å². The summed E-state index contributed by atoms with van der Waals surface area (Å²) in [5.74, 6) is -1.32. The molecular weight excluding hydrogens is 621 g/mol. The van der Waals surface area contributed by atoms with Crippen LogP contribution in [-0.4, -0.2) is 53.7 Å². The Balaban J connectivity index is 2.60. The van der Waals surface area contributed by atoms with Gasteiger partial charge in [0.2, 0.25) is 12.8 Å². The lowest BCUT2D eigenvalue weighted by Gasteiger charge is -2.22. The lowest BCUT2D eigenvalue weighted by atomic mass is 9.94. The largest absolute Gasteiger partial charge is 0.415 e. The van der Waals surface area contributed by atoms with Crippen LogP contribution in [0, 0.1) is 6.92 Å². The van der Waals surface area contributed by atoms with Crippen LogP contribution in [0.2, 0.25) is 0 Å². The molecule has 0 bridgehead atoms. The number of alkyl halides is 3. The number of nitrogens with zero attached hydrogens (tertiary/aromatic N) is 2. The average molecular weight is 644 g/mol. The standard InChI is InChI=1S/C26H23Br2F3N2O4/c1-5-10-32(13-34)24(36)19-11-21(28)23(22-17(4)20(27)9-8-18(19)22)25(37)33(14-35)12-15(2)6-7-16(3)26(29,30)31/h6-9,11,13-14H,2-3,5,10,12H2,1,4H3/b7-6-. The van der Waals surface area contributed by atoms with Gasteiger partial charge in [0.05, 0.1) is 12.1 Å². The first-order valence-electron chi connectivity index (χ1n) is 10.8. The van der Waals surface area contributed by atoms with Gasteiger partial charge < -0.3 is 0 Å². The van der Waals surface area contributed by atoms with Crippen LogP contribution in [0.15, 0.2) is 63.6 Å². The number of aryl methyl sites for hydroxylation is 1. The van der Waals surface area contributed by atoms with Crippen molar-refractivity contribution in [2.24, 2.45) is 0 Å². The van der Waals surface area contributed by atoms with Gasteiger partial charge in [-0.2, -0.15) is 13.2 Å². The highest BCUT2D eigenvalue weighted by Gasteiger charge is 2.30. The molecule has 0 fully saturated rings. The first-order chi connectivity index (χ1) is 17.3. The lowest BCUT2D eigenvalue weighted by Crippen LogP contribution is -2.33. The summed E-state index contributed by atoms with van der Waals surface area (Å²) in [5.41, 5.74) is -0.237. The second kappa shape index (κ2) is 12.5. The van der Waals surface area contributed by atoms with Crippen molar-refractivity contribution in [2.45, 2.75) is 26.4 Å². The van der Waals surface area contributed by atoms with E-state index in [0.29, 0.717) is 39.7 Å². The van der Waals surface area contributed by atoms with Gasteiger partial charge in [-0.25, -0.2) is 0 Å². The van der Waals surface area contributed by atoms with Crippen molar-refractivity contribution in [1.29, 1.82) is 0 Å². The number of hydrogen-bond acceptors (Lipinski definition) is 4.